The largest absolute Gasteiger partial charge is 0.378 e. The van der Waals surface area contributed by atoms with Gasteiger partial charge < -0.3 is 14.8 Å². The van der Waals surface area contributed by atoms with Gasteiger partial charge in [-0.25, -0.2) is 0 Å². The minimum Gasteiger partial charge on any atom is -0.378 e. The van der Waals surface area contributed by atoms with E-state index in [1.807, 2.05) is 27.7 Å². The fraction of sp³-hybridized carbons (Fsp3) is 0.952. The monoisotopic (exact) mass is 370 g/mol. The molecule has 0 spiro atoms. The van der Waals surface area contributed by atoms with Gasteiger partial charge in [0.1, 0.15) is 5.78 Å². The maximum Gasteiger partial charge on any atom is 0.138 e. The fourth-order valence-electron chi connectivity index (χ4n) is 3.43. The molecule has 0 atom stereocenters. The van der Waals surface area contributed by atoms with Crippen LogP contribution in [0.5, 0.6) is 0 Å². The van der Waals surface area contributed by atoms with Crippen molar-refractivity contribution in [3.63, 3.8) is 0 Å². The number of nitrogens with zero attached hydrogens (tertiary/aromatic N) is 1. The van der Waals surface area contributed by atoms with Crippen LogP contribution in [0, 0.1) is 11.8 Å². The van der Waals surface area contributed by atoms with Crippen LogP contribution in [0.3, 0.4) is 0 Å². The SMILES string of the molecule is CC(C)C(=O)C1CCCCC1.CC(C)OCCOCCN1CCNCC1. The molecule has 1 aliphatic heterocycles. The highest BCUT2D eigenvalue weighted by Crippen LogP contribution is 2.26. The third-order valence-electron chi connectivity index (χ3n) is 5.02. The number of nitrogens with one attached hydrogen (secondary N) is 1. The molecule has 154 valence electrons. The van der Waals surface area contributed by atoms with E-state index in [4.69, 9.17) is 9.47 Å². The van der Waals surface area contributed by atoms with Crippen molar-refractivity contribution in [2.45, 2.75) is 65.9 Å². The molecule has 1 heterocycles. The van der Waals surface area contributed by atoms with Gasteiger partial charge >= 0.3 is 0 Å². The number of hydrogen-bond donors (Lipinski definition) is 1. The molecule has 0 unspecified atom stereocenters. The second-order valence-corrected chi connectivity index (χ2v) is 8.02. The van der Waals surface area contributed by atoms with Crippen molar-refractivity contribution in [1.82, 2.24) is 10.2 Å². The van der Waals surface area contributed by atoms with Crippen molar-refractivity contribution >= 4 is 5.78 Å². The van der Waals surface area contributed by atoms with Gasteiger partial charge in [-0.15, -0.1) is 0 Å². The van der Waals surface area contributed by atoms with Crippen LogP contribution < -0.4 is 5.32 Å². The summed E-state index contributed by atoms with van der Waals surface area (Å²) in [6.45, 7) is 15.9. The first-order valence-corrected chi connectivity index (χ1v) is 10.7. The van der Waals surface area contributed by atoms with Gasteiger partial charge in [0, 0.05) is 44.6 Å². The lowest BCUT2D eigenvalue weighted by Gasteiger charge is -2.26. The van der Waals surface area contributed by atoms with Crippen molar-refractivity contribution in [2.75, 3.05) is 52.5 Å². The van der Waals surface area contributed by atoms with Gasteiger partial charge in [-0.1, -0.05) is 33.1 Å². The highest BCUT2D eigenvalue weighted by atomic mass is 16.5. The lowest BCUT2D eigenvalue weighted by Crippen LogP contribution is -2.44. The molecule has 0 amide bonds. The number of rotatable bonds is 9. The Balaban J connectivity index is 0.000000273. The number of Topliss-reactive ketones (excluding diaryl/α,β-unsaturated/α-hetero) is 1. The normalized spacial score (nSPS) is 19.5. The molecule has 0 aromatic heterocycles. The molecule has 1 saturated carbocycles. The number of hydrogen-bond acceptors (Lipinski definition) is 5. The number of carbonyl (C=O) groups is 1. The summed E-state index contributed by atoms with van der Waals surface area (Å²) in [4.78, 5) is 13.9. The quantitative estimate of drug-likeness (QED) is 0.632. The molecule has 0 radical (unpaired) electrons. The summed E-state index contributed by atoms with van der Waals surface area (Å²) < 4.78 is 10.9. The summed E-state index contributed by atoms with van der Waals surface area (Å²) in [6, 6.07) is 0. The van der Waals surface area contributed by atoms with Crippen LogP contribution in [-0.2, 0) is 14.3 Å². The summed E-state index contributed by atoms with van der Waals surface area (Å²) in [5.74, 6) is 1.14. The lowest BCUT2D eigenvalue weighted by molar-refractivity contribution is -0.126. The zero-order chi connectivity index (χ0) is 19.2. The van der Waals surface area contributed by atoms with Gasteiger partial charge in [0.15, 0.2) is 0 Å². The molecule has 26 heavy (non-hydrogen) atoms. The predicted octanol–water partition coefficient (Wildman–Crippen LogP) is 3.13. The molecule has 2 rings (SSSR count). The first-order chi connectivity index (χ1) is 12.5. The summed E-state index contributed by atoms with van der Waals surface area (Å²) in [6.07, 6.45) is 6.48. The zero-order valence-corrected chi connectivity index (χ0v) is 17.6. The molecule has 5 heteroatoms. The molecule has 5 nitrogen and oxygen atoms in total. The second kappa shape index (κ2) is 14.6. The molecular formula is C21H42N2O3. The van der Waals surface area contributed by atoms with Crippen molar-refractivity contribution < 1.29 is 14.3 Å². The van der Waals surface area contributed by atoms with E-state index >= 15 is 0 Å². The van der Waals surface area contributed by atoms with E-state index in [9.17, 15) is 4.79 Å². The number of ketones is 1. The Morgan fingerprint density at radius 1 is 1.00 bits per heavy atom. The Labute approximate surface area is 161 Å². The Hall–Kier alpha value is -0.490. The average molecular weight is 371 g/mol. The highest BCUT2D eigenvalue weighted by Gasteiger charge is 2.22. The van der Waals surface area contributed by atoms with Crippen LogP contribution >= 0.6 is 0 Å². The van der Waals surface area contributed by atoms with E-state index in [0.29, 0.717) is 31.0 Å². The van der Waals surface area contributed by atoms with Gasteiger partial charge in [0.25, 0.3) is 0 Å². The average Bonchev–Trinajstić information content (AvgIpc) is 2.65. The van der Waals surface area contributed by atoms with Gasteiger partial charge in [-0.2, -0.15) is 0 Å². The Morgan fingerprint density at radius 2 is 1.65 bits per heavy atom. The second-order valence-electron chi connectivity index (χ2n) is 8.02. The Morgan fingerprint density at radius 3 is 2.23 bits per heavy atom. The third-order valence-corrected chi connectivity index (χ3v) is 5.02. The van der Waals surface area contributed by atoms with Crippen molar-refractivity contribution in [2.24, 2.45) is 11.8 Å². The van der Waals surface area contributed by atoms with E-state index in [2.05, 4.69) is 10.2 Å². The molecular weight excluding hydrogens is 328 g/mol. The maximum atomic E-state index is 11.5. The van der Waals surface area contributed by atoms with E-state index in [1.54, 1.807) is 0 Å². The van der Waals surface area contributed by atoms with Crippen LogP contribution in [0.1, 0.15) is 59.8 Å². The zero-order valence-electron chi connectivity index (χ0n) is 17.6. The summed E-state index contributed by atoms with van der Waals surface area (Å²) in [5, 5.41) is 3.34. The number of ether oxygens (including phenoxy) is 2. The predicted molar refractivity (Wildman–Crippen MR) is 108 cm³/mol. The van der Waals surface area contributed by atoms with E-state index in [-0.39, 0.29) is 5.92 Å². The Bertz CT molecular complexity index is 349. The molecule has 0 aromatic rings. The van der Waals surface area contributed by atoms with Crippen LogP contribution in [-0.4, -0.2) is 69.3 Å². The molecule has 2 fully saturated rings. The van der Waals surface area contributed by atoms with Gasteiger partial charge in [-0.05, 0) is 26.7 Å². The smallest absolute Gasteiger partial charge is 0.138 e. The summed E-state index contributed by atoms with van der Waals surface area (Å²) in [5.41, 5.74) is 0. The first-order valence-electron chi connectivity index (χ1n) is 10.7. The molecule has 0 aromatic carbocycles. The van der Waals surface area contributed by atoms with Crippen molar-refractivity contribution in [3.05, 3.63) is 0 Å². The van der Waals surface area contributed by atoms with E-state index < -0.39 is 0 Å². The minimum absolute atomic E-state index is 0.248. The maximum absolute atomic E-state index is 11.5. The summed E-state index contributed by atoms with van der Waals surface area (Å²) in [7, 11) is 0. The third kappa shape index (κ3) is 11.3. The van der Waals surface area contributed by atoms with Crippen LogP contribution in [0.25, 0.3) is 0 Å². The minimum atomic E-state index is 0.248. The van der Waals surface area contributed by atoms with Crippen molar-refractivity contribution in [1.29, 1.82) is 0 Å². The van der Waals surface area contributed by atoms with Gasteiger partial charge in [0.05, 0.1) is 25.9 Å². The molecule has 1 N–H and O–H groups in total. The number of piperazine rings is 1. The highest BCUT2D eigenvalue weighted by molar-refractivity contribution is 5.82. The number of carbonyl (C=O) groups excluding carboxylic acids is 1. The van der Waals surface area contributed by atoms with Crippen LogP contribution in [0.4, 0.5) is 0 Å². The van der Waals surface area contributed by atoms with Gasteiger partial charge in [0.2, 0.25) is 0 Å². The lowest BCUT2D eigenvalue weighted by atomic mass is 9.83. The van der Waals surface area contributed by atoms with Crippen molar-refractivity contribution in [3.8, 4) is 0 Å². The standard InChI is InChI=1S/C11H24N2O2.C10H18O/c1-11(2)15-10-9-14-8-7-13-5-3-12-4-6-13;1-8(2)10(11)9-6-4-3-5-7-9/h11-12H,3-10H2,1-2H3;8-9H,3-7H2,1-2H3. The van der Waals surface area contributed by atoms with E-state index in [1.165, 1.54) is 19.3 Å². The molecule has 0 bridgehead atoms. The van der Waals surface area contributed by atoms with Crippen LogP contribution in [0.15, 0.2) is 0 Å². The topological polar surface area (TPSA) is 50.8 Å². The Kier molecular flexibility index (Phi) is 13.2. The molecule has 1 aliphatic carbocycles. The fourth-order valence-corrected chi connectivity index (χ4v) is 3.43. The van der Waals surface area contributed by atoms with Crippen LogP contribution in [0.2, 0.25) is 0 Å². The molecule has 2 aliphatic rings. The summed E-state index contributed by atoms with van der Waals surface area (Å²) >= 11 is 0. The molecule has 1 saturated heterocycles. The van der Waals surface area contributed by atoms with Gasteiger partial charge in [-0.3, -0.25) is 9.69 Å². The first kappa shape index (κ1) is 23.5. The van der Waals surface area contributed by atoms with E-state index in [0.717, 1.165) is 52.2 Å².